The smallest absolute Gasteiger partial charge is 0.307 e. The zero-order chi connectivity index (χ0) is 12.7. The first kappa shape index (κ1) is 14.1. The molecule has 0 bridgehead atoms. The highest BCUT2D eigenvalue weighted by Gasteiger charge is 2.33. The normalized spacial score (nSPS) is 23.4. The van der Waals surface area contributed by atoms with Gasteiger partial charge in [-0.1, -0.05) is 12.2 Å². The molecule has 0 aromatic rings. The van der Waals surface area contributed by atoms with Crippen LogP contribution in [0.5, 0.6) is 0 Å². The minimum absolute atomic E-state index is 0.122. The molecule has 0 saturated heterocycles. The predicted octanol–water partition coefficient (Wildman–Crippen LogP) is 1.52. The lowest BCUT2D eigenvalue weighted by atomic mass is 9.82. The van der Waals surface area contributed by atoms with Crippen LogP contribution in [0.25, 0.3) is 0 Å². The summed E-state index contributed by atoms with van der Waals surface area (Å²) in [6, 6.07) is 0. The van der Waals surface area contributed by atoms with Crippen LogP contribution in [0.1, 0.15) is 19.3 Å². The molecule has 2 atom stereocenters. The van der Waals surface area contributed by atoms with Crippen molar-refractivity contribution in [2.24, 2.45) is 11.8 Å². The molecule has 5 heteroatoms. The molecule has 0 radical (unpaired) electrons. The van der Waals surface area contributed by atoms with Gasteiger partial charge in [-0.2, -0.15) is 11.8 Å². The van der Waals surface area contributed by atoms with Gasteiger partial charge in [0, 0.05) is 6.54 Å². The number of carbonyl (C=O) groups is 2. The predicted molar refractivity (Wildman–Crippen MR) is 69.0 cm³/mol. The van der Waals surface area contributed by atoms with E-state index in [2.05, 4.69) is 5.32 Å². The van der Waals surface area contributed by atoms with Crippen molar-refractivity contribution in [1.29, 1.82) is 0 Å². The molecule has 1 aliphatic rings. The number of rotatable bonds is 6. The van der Waals surface area contributed by atoms with Crippen molar-refractivity contribution >= 4 is 23.6 Å². The number of aliphatic carboxylic acids is 1. The Hall–Kier alpha value is -0.970. The maximum absolute atomic E-state index is 11.9. The average Bonchev–Trinajstić information content (AvgIpc) is 2.34. The van der Waals surface area contributed by atoms with Gasteiger partial charge in [0.25, 0.3) is 0 Å². The summed E-state index contributed by atoms with van der Waals surface area (Å²) < 4.78 is 0. The largest absolute Gasteiger partial charge is 0.481 e. The van der Waals surface area contributed by atoms with Gasteiger partial charge >= 0.3 is 5.97 Å². The lowest BCUT2D eigenvalue weighted by Crippen LogP contribution is -2.39. The highest BCUT2D eigenvalue weighted by molar-refractivity contribution is 7.98. The lowest BCUT2D eigenvalue weighted by molar-refractivity contribution is -0.147. The van der Waals surface area contributed by atoms with Crippen LogP contribution < -0.4 is 5.32 Å². The van der Waals surface area contributed by atoms with Crippen LogP contribution in [-0.2, 0) is 9.59 Å². The van der Waals surface area contributed by atoms with Gasteiger partial charge in [-0.25, -0.2) is 0 Å². The molecule has 0 aliphatic heterocycles. The van der Waals surface area contributed by atoms with Gasteiger partial charge in [0.1, 0.15) is 0 Å². The number of thioether (sulfide) groups is 1. The molecule has 1 rings (SSSR count). The standard InChI is InChI=1S/C12H19NO3S/c1-17-8-4-7-13-11(14)9-5-2-3-6-10(9)12(15)16/h2-3,9-10H,4-8H2,1H3,(H,13,14)(H,15,16). The third-order valence-corrected chi connectivity index (χ3v) is 3.61. The van der Waals surface area contributed by atoms with Crippen molar-refractivity contribution in [3.8, 4) is 0 Å². The van der Waals surface area contributed by atoms with Crippen molar-refractivity contribution in [3.63, 3.8) is 0 Å². The zero-order valence-electron chi connectivity index (χ0n) is 10.0. The van der Waals surface area contributed by atoms with Gasteiger partial charge < -0.3 is 10.4 Å². The molecule has 0 heterocycles. The van der Waals surface area contributed by atoms with Crippen LogP contribution in [0.4, 0.5) is 0 Å². The van der Waals surface area contributed by atoms with E-state index in [-0.39, 0.29) is 5.91 Å². The monoisotopic (exact) mass is 257 g/mol. The van der Waals surface area contributed by atoms with Crippen LogP contribution in [0.3, 0.4) is 0 Å². The lowest BCUT2D eigenvalue weighted by Gasteiger charge is -2.24. The van der Waals surface area contributed by atoms with E-state index in [1.807, 2.05) is 18.4 Å². The summed E-state index contributed by atoms with van der Waals surface area (Å²) >= 11 is 1.74. The zero-order valence-corrected chi connectivity index (χ0v) is 10.8. The molecule has 0 fully saturated rings. The molecule has 0 aromatic heterocycles. The van der Waals surface area contributed by atoms with Crippen LogP contribution in [-0.4, -0.2) is 35.5 Å². The molecule has 4 nitrogen and oxygen atoms in total. The van der Waals surface area contributed by atoms with E-state index in [1.165, 1.54) is 0 Å². The van der Waals surface area contributed by atoms with Gasteiger partial charge in [0.05, 0.1) is 11.8 Å². The summed E-state index contributed by atoms with van der Waals surface area (Å²) in [7, 11) is 0. The van der Waals surface area contributed by atoms with E-state index in [9.17, 15) is 9.59 Å². The fourth-order valence-electron chi connectivity index (χ4n) is 1.94. The Morgan fingerprint density at radius 1 is 1.35 bits per heavy atom. The highest BCUT2D eigenvalue weighted by Crippen LogP contribution is 2.25. The summed E-state index contributed by atoms with van der Waals surface area (Å²) in [5, 5.41) is 11.9. The second kappa shape index (κ2) is 7.37. The number of amides is 1. The molecule has 17 heavy (non-hydrogen) atoms. The van der Waals surface area contributed by atoms with E-state index >= 15 is 0 Å². The number of carboxylic acid groups (broad SMARTS) is 1. The fraction of sp³-hybridized carbons (Fsp3) is 0.667. The fourth-order valence-corrected chi connectivity index (χ4v) is 2.37. The van der Waals surface area contributed by atoms with Crippen molar-refractivity contribution in [2.45, 2.75) is 19.3 Å². The summed E-state index contributed by atoms with van der Waals surface area (Å²) in [6.07, 6.45) is 7.67. The molecule has 2 N–H and O–H groups in total. The maximum Gasteiger partial charge on any atom is 0.307 e. The van der Waals surface area contributed by atoms with Gasteiger partial charge in [-0.15, -0.1) is 0 Å². The van der Waals surface area contributed by atoms with Gasteiger partial charge in [-0.3, -0.25) is 9.59 Å². The minimum atomic E-state index is -0.876. The van der Waals surface area contributed by atoms with Crippen LogP contribution >= 0.6 is 11.8 Å². The molecule has 0 spiro atoms. The number of carbonyl (C=O) groups excluding carboxylic acids is 1. The van der Waals surface area contributed by atoms with Crippen molar-refractivity contribution < 1.29 is 14.7 Å². The summed E-state index contributed by atoms with van der Waals surface area (Å²) in [5.41, 5.74) is 0. The highest BCUT2D eigenvalue weighted by atomic mass is 32.2. The topological polar surface area (TPSA) is 66.4 Å². The van der Waals surface area contributed by atoms with Gasteiger partial charge in [0.2, 0.25) is 5.91 Å². The number of allylic oxidation sites excluding steroid dienone is 2. The molecule has 2 unspecified atom stereocenters. The number of carboxylic acids is 1. The first-order chi connectivity index (χ1) is 8.16. The molecule has 0 saturated carbocycles. The van der Waals surface area contributed by atoms with Gasteiger partial charge in [0.15, 0.2) is 0 Å². The Labute approximate surface area is 106 Å². The Morgan fingerprint density at radius 3 is 2.59 bits per heavy atom. The number of hydrogen-bond acceptors (Lipinski definition) is 3. The van der Waals surface area contributed by atoms with Crippen molar-refractivity contribution in [2.75, 3.05) is 18.6 Å². The van der Waals surface area contributed by atoms with Crippen LogP contribution in [0.2, 0.25) is 0 Å². The van der Waals surface area contributed by atoms with E-state index in [1.54, 1.807) is 11.8 Å². The van der Waals surface area contributed by atoms with E-state index < -0.39 is 17.8 Å². The van der Waals surface area contributed by atoms with Crippen LogP contribution in [0, 0.1) is 11.8 Å². The second-order valence-electron chi connectivity index (χ2n) is 4.13. The summed E-state index contributed by atoms with van der Waals surface area (Å²) in [5.74, 6) is -0.971. The Bertz CT molecular complexity index is 304. The summed E-state index contributed by atoms with van der Waals surface area (Å²) in [6.45, 7) is 0.631. The Balaban J connectivity index is 2.43. The minimum Gasteiger partial charge on any atom is -0.481 e. The molecule has 1 amide bonds. The summed E-state index contributed by atoms with van der Waals surface area (Å²) in [4.78, 5) is 22.9. The SMILES string of the molecule is CSCCCNC(=O)C1CC=CCC1C(=O)O. The third kappa shape index (κ3) is 4.42. The first-order valence-electron chi connectivity index (χ1n) is 5.81. The van der Waals surface area contributed by atoms with Crippen LogP contribution in [0.15, 0.2) is 12.2 Å². The van der Waals surface area contributed by atoms with Crippen molar-refractivity contribution in [1.82, 2.24) is 5.32 Å². The van der Waals surface area contributed by atoms with E-state index in [4.69, 9.17) is 5.11 Å². The quantitative estimate of drug-likeness (QED) is 0.559. The average molecular weight is 257 g/mol. The van der Waals surface area contributed by atoms with E-state index in [0.29, 0.717) is 19.4 Å². The maximum atomic E-state index is 11.9. The molecule has 0 aromatic carbocycles. The third-order valence-electron chi connectivity index (χ3n) is 2.91. The molecule has 96 valence electrons. The van der Waals surface area contributed by atoms with E-state index in [0.717, 1.165) is 12.2 Å². The first-order valence-corrected chi connectivity index (χ1v) is 7.20. The Kier molecular flexibility index (Phi) is 6.11. The number of hydrogen-bond donors (Lipinski definition) is 2. The molecular weight excluding hydrogens is 238 g/mol. The molecular formula is C12H19NO3S. The Morgan fingerprint density at radius 2 is 2.00 bits per heavy atom. The number of nitrogens with one attached hydrogen (secondary N) is 1. The van der Waals surface area contributed by atoms with Crippen molar-refractivity contribution in [3.05, 3.63) is 12.2 Å². The second-order valence-corrected chi connectivity index (χ2v) is 5.12. The molecule has 1 aliphatic carbocycles. The van der Waals surface area contributed by atoms with Gasteiger partial charge in [-0.05, 0) is 31.3 Å².